The monoisotopic (exact) mass is 363 g/mol. The van der Waals surface area contributed by atoms with Crippen LogP contribution in [0.25, 0.3) is 17.0 Å². The van der Waals surface area contributed by atoms with Crippen LogP contribution >= 0.6 is 0 Å². The van der Waals surface area contributed by atoms with Crippen LogP contribution in [0.5, 0.6) is 0 Å². The number of nitrogens with zero attached hydrogens (tertiary/aromatic N) is 3. The number of hydrogen-bond acceptors (Lipinski definition) is 5. The second-order valence-electron chi connectivity index (χ2n) is 7.85. The van der Waals surface area contributed by atoms with Crippen molar-refractivity contribution >= 4 is 11.5 Å². The zero-order chi connectivity index (χ0) is 18.4. The smallest absolute Gasteiger partial charge is 0.137 e. The van der Waals surface area contributed by atoms with Crippen LogP contribution in [-0.2, 0) is 6.61 Å². The van der Waals surface area contributed by atoms with Gasteiger partial charge in [0, 0.05) is 18.8 Å². The molecule has 1 aliphatic carbocycles. The van der Waals surface area contributed by atoms with Gasteiger partial charge in [0.25, 0.3) is 0 Å². The molecule has 3 aromatic rings. The van der Waals surface area contributed by atoms with E-state index in [1.54, 1.807) is 0 Å². The molecule has 0 aromatic carbocycles. The normalized spacial score (nSPS) is 22.4. The van der Waals surface area contributed by atoms with Crippen molar-refractivity contribution in [1.29, 1.82) is 0 Å². The highest BCUT2D eigenvalue weighted by Crippen LogP contribution is 2.42. The summed E-state index contributed by atoms with van der Waals surface area (Å²) in [7, 11) is 0. The molecule has 1 aliphatic heterocycles. The van der Waals surface area contributed by atoms with Gasteiger partial charge in [-0.2, -0.15) is 0 Å². The van der Waals surface area contributed by atoms with Crippen molar-refractivity contribution in [2.24, 2.45) is 5.92 Å². The summed E-state index contributed by atoms with van der Waals surface area (Å²) in [6.07, 6.45) is 6.42. The minimum absolute atomic E-state index is 0.0653. The van der Waals surface area contributed by atoms with Crippen molar-refractivity contribution < 1.29 is 5.11 Å². The zero-order valence-electron chi connectivity index (χ0n) is 15.5. The number of imidazole rings is 1. The van der Waals surface area contributed by atoms with Crippen LogP contribution in [0, 0.1) is 5.92 Å². The maximum atomic E-state index is 9.71. The van der Waals surface area contributed by atoms with Gasteiger partial charge in [-0.25, -0.2) is 9.97 Å². The fourth-order valence-electron chi connectivity index (χ4n) is 4.02. The van der Waals surface area contributed by atoms with E-state index in [1.807, 2.05) is 30.5 Å². The standard InChI is InChI=1S/C21H25N5O/c1-13-8-22-9-18(13)25-20-4-2-3-17(24-20)19-10-23-21-7-15(12-27)16(11-26(19)21)14-5-6-14/h2-4,7,10-11,13-14,18,22,27H,5-6,8-9,12H2,1H3,(H,24,25)/t13-,18-/m0/s1. The maximum Gasteiger partial charge on any atom is 0.137 e. The zero-order valence-corrected chi connectivity index (χ0v) is 15.5. The Kier molecular flexibility index (Phi) is 4.10. The van der Waals surface area contributed by atoms with Crippen LogP contribution in [0.15, 0.2) is 36.7 Å². The second kappa shape index (κ2) is 6.62. The largest absolute Gasteiger partial charge is 0.392 e. The third-order valence-electron chi connectivity index (χ3n) is 5.82. The minimum Gasteiger partial charge on any atom is -0.392 e. The lowest BCUT2D eigenvalue weighted by Gasteiger charge is -2.17. The van der Waals surface area contributed by atoms with E-state index >= 15 is 0 Å². The molecule has 5 rings (SSSR count). The minimum atomic E-state index is 0.0653. The molecule has 3 aromatic heterocycles. The van der Waals surface area contributed by atoms with E-state index in [4.69, 9.17) is 4.98 Å². The number of nitrogens with one attached hydrogen (secondary N) is 2. The first kappa shape index (κ1) is 16.7. The van der Waals surface area contributed by atoms with Gasteiger partial charge in [0.15, 0.2) is 0 Å². The van der Waals surface area contributed by atoms with Crippen LogP contribution in [0.2, 0.25) is 0 Å². The molecule has 4 heterocycles. The summed E-state index contributed by atoms with van der Waals surface area (Å²) in [4.78, 5) is 9.40. The summed E-state index contributed by atoms with van der Waals surface area (Å²) in [5.74, 6) is 2.06. The third-order valence-corrected chi connectivity index (χ3v) is 5.82. The number of rotatable bonds is 5. The van der Waals surface area contributed by atoms with E-state index in [-0.39, 0.29) is 6.61 Å². The van der Waals surface area contributed by atoms with Crippen LogP contribution in [0.1, 0.15) is 36.8 Å². The molecular weight excluding hydrogens is 338 g/mol. The molecule has 2 atom stereocenters. The number of pyridine rings is 2. The van der Waals surface area contributed by atoms with E-state index in [2.05, 4.69) is 33.1 Å². The Bertz CT molecular complexity index is 978. The average Bonchev–Trinajstić information content (AvgIpc) is 3.34. The van der Waals surface area contributed by atoms with E-state index < -0.39 is 0 Å². The summed E-state index contributed by atoms with van der Waals surface area (Å²) in [5, 5.41) is 16.7. The molecule has 0 bridgehead atoms. The average molecular weight is 363 g/mol. The number of hydrogen-bond donors (Lipinski definition) is 3. The molecule has 6 heteroatoms. The Morgan fingerprint density at radius 1 is 1.30 bits per heavy atom. The molecule has 6 nitrogen and oxygen atoms in total. The SMILES string of the molecule is C[C@H]1CNC[C@@H]1Nc1cccc(-c2cnc3cc(CO)c(C4CC4)cn23)n1. The summed E-state index contributed by atoms with van der Waals surface area (Å²) in [6.45, 7) is 4.33. The Balaban J connectivity index is 1.51. The van der Waals surface area contributed by atoms with Gasteiger partial charge >= 0.3 is 0 Å². The van der Waals surface area contributed by atoms with Crippen molar-refractivity contribution in [3.63, 3.8) is 0 Å². The second-order valence-corrected chi connectivity index (χ2v) is 7.85. The van der Waals surface area contributed by atoms with Gasteiger partial charge in [-0.3, -0.25) is 4.40 Å². The van der Waals surface area contributed by atoms with Gasteiger partial charge in [0.1, 0.15) is 11.5 Å². The van der Waals surface area contributed by atoms with Crippen molar-refractivity contribution in [2.45, 2.75) is 38.3 Å². The summed E-state index contributed by atoms with van der Waals surface area (Å²) in [6, 6.07) is 8.51. The molecule has 0 spiro atoms. The van der Waals surface area contributed by atoms with Crippen molar-refractivity contribution in [2.75, 3.05) is 18.4 Å². The highest BCUT2D eigenvalue weighted by Gasteiger charge is 2.27. The quantitative estimate of drug-likeness (QED) is 0.650. The molecule has 2 aliphatic rings. The highest BCUT2D eigenvalue weighted by molar-refractivity contribution is 5.63. The van der Waals surface area contributed by atoms with Crippen LogP contribution in [-0.4, -0.2) is 38.6 Å². The molecule has 1 saturated heterocycles. The molecule has 2 fully saturated rings. The van der Waals surface area contributed by atoms with Crippen LogP contribution in [0.3, 0.4) is 0 Å². The first-order chi connectivity index (χ1) is 13.2. The first-order valence-corrected chi connectivity index (χ1v) is 9.78. The number of fused-ring (bicyclic) bond motifs is 1. The number of aliphatic hydroxyl groups is 1. The van der Waals surface area contributed by atoms with E-state index in [0.29, 0.717) is 17.9 Å². The lowest BCUT2D eigenvalue weighted by molar-refractivity contribution is 0.280. The first-order valence-electron chi connectivity index (χ1n) is 9.78. The van der Waals surface area contributed by atoms with Crippen LogP contribution in [0.4, 0.5) is 5.82 Å². The molecule has 140 valence electrons. The molecule has 3 N–H and O–H groups in total. The van der Waals surface area contributed by atoms with Crippen molar-refractivity contribution in [1.82, 2.24) is 19.7 Å². The van der Waals surface area contributed by atoms with Gasteiger partial charge < -0.3 is 15.7 Å². The molecule has 0 amide bonds. The molecular formula is C21H25N5O. The predicted octanol–water partition coefficient (Wildman–Crippen LogP) is 2.79. The fraction of sp³-hybridized carbons (Fsp3) is 0.429. The number of anilines is 1. The Hall–Kier alpha value is -2.44. The Morgan fingerprint density at radius 3 is 2.93 bits per heavy atom. The van der Waals surface area contributed by atoms with E-state index in [9.17, 15) is 5.11 Å². The molecule has 0 unspecified atom stereocenters. The lowest BCUT2D eigenvalue weighted by Crippen LogP contribution is -2.27. The maximum absolute atomic E-state index is 9.71. The lowest BCUT2D eigenvalue weighted by atomic mass is 10.1. The van der Waals surface area contributed by atoms with Crippen molar-refractivity contribution in [3.8, 4) is 11.4 Å². The van der Waals surface area contributed by atoms with Crippen LogP contribution < -0.4 is 10.6 Å². The summed E-state index contributed by atoms with van der Waals surface area (Å²) < 4.78 is 2.11. The van der Waals surface area contributed by atoms with Gasteiger partial charge in [-0.15, -0.1) is 0 Å². The molecule has 27 heavy (non-hydrogen) atoms. The highest BCUT2D eigenvalue weighted by atomic mass is 16.3. The number of aliphatic hydroxyl groups excluding tert-OH is 1. The third kappa shape index (κ3) is 3.09. The Morgan fingerprint density at radius 2 is 2.19 bits per heavy atom. The number of aromatic nitrogens is 3. The fourth-order valence-corrected chi connectivity index (χ4v) is 4.02. The van der Waals surface area contributed by atoms with E-state index in [0.717, 1.165) is 41.5 Å². The van der Waals surface area contributed by atoms with Gasteiger partial charge in [-0.1, -0.05) is 13.0 Å². The van der Waals surface area contributed by atoms with Gasteiger partial charge in [0.05, 0.1) is 24.2 Å². The topological polar surface area (TPSA) is 74.5 Å². The van der Waals surface area contributed by atoms with Gasteiger partial charge in [-0.05, 0) is 60.5 Å². The van der Waals surface area contributed by atoms with Gasteiger partial charge in [0.2, 0.25) is 0 Å². The van der Waals surface area contributed by atoms with Crippen molar-refractivity contribution in [3.05, 3.63) is 47.8 Å². The summed E-state index contributed by atoms with van der Waals surface area (Å²) in [5.41, 5.74) is 4.98. The Labute approximate surface area is 158 Å². The molecule has 0 radical (unpaired) electrons. The predicted molar refractivity (Wildman–Crippen MR) is 106 cm³/mol. The summed E-state index contributed by atoms with van der Waals surface area (Å²) >= 11 is 0. The van der Waals surface area contributed by atoms with E-state index in [1.165, 1.54) is 18.4 Å². The molecule has 1 saturated carbocycles.